The molecule has 0 aliphatic carbocycles. The Labute approximate surface area is 246 Å². The third kappa shape index (κ3) is 5.24. The van der Waals surface area contributed by atoms with E-state index in [1.165, 1.54) is 49.3 Å². The van der Waals surface area contributed by atoms with Gasteiger partial charge in [-0.05, 0) is 85.6 Å². The molecule has 214 valence electrons. The third-order valence-electron chi connectivity index (χ3n) is 6.52. The monoisotopic (exact) mass is 662 g/mol. The van der Waals surface area contributed by atoms with E-state index in [2.05, 4.69) is 20.7 Å². The van der Waals surface area contributed by atoms with Crippen LogP contribution in [0.1, 0.15) is 11.1 Å². The van der Waals surface area contributed by atoms with Crippen LogP contribution in [0, 0.1) is 25.5 Å². The molecule has 0 fully saturated rings. The summed E-state index contributed by atoms with van der Waals surface area (Å²) in [7, 11) is -7.40. The zero-order valence-electron chi connectivity index (χ0n) is 21.9. The highest BCUT2D eigenvalue weighted by atomic mass is 79.9. The van der Waals surface area contributed by atoms with Crippen LogP contribution < -0.4 is 17.6 Å². The van der Waals surface area contributed by atoms with Crippen LogP contribution in [0.15, 0.2) is 84.9 Å². The standard InChI is InChI=1S/C15H14BrFN2O2S.C13H11FN2O2S/c1-11-10-12(17)6-7-13(11)19-15-5-3-2-4-14(15)18(9-8-16)22(19,20)21;1-9-8-10(14)6-7-12(9)16-13-5-3-2-4-11(13)15-19(16,17)18/h2-7,10H,8-9H2,1H3;2-8,15H,1H3. The largest absolute Gasteiger partial charge is 0.331 e. The van der Waals surface area contributed by atoms with Crippen LogP contribution >= 0.6 is 15.9 Å². The van der Waals surface area contributed by atoms with Gasteiger partial charge in [0.15, 0.2) is 0 Å². The fourth-order valence-corrected chi connectivity index (χ4v) is 8.56. The van der Waals surface area contributed by atoms with Gasteiger partial charge in [-0.2, -0.15) is 16.8 Å². The van der Waals surface area contributed by atoms with Crippen molar-refractivity contribution in [3.8, 4) is 0 Å². The van der Waals surface area contributed by atoms with Crippen LogP contribution in [0.4, 0.5) is 42.9 Å². The molecule has 13 heteroatoms. The van der Waals surface area contributed by atoms with Gasteiger partial charge in [0.1, 0.15) is 11.6 Å². The van der Waals surface area contributed by atoms with Crippen LogP contribution in [0.5, 0.6) is 0 Å². The van der Waals surface area contributed by atoms with Crippen LogP contribution in [0.25, 0.3) is 0 Å². The Morgan fingerprint density at radius 1 is 0.683 bits per heavy atom. The lowest BCUT2D eigenvalue weighted by Gasteiger charge is -2.22. The molecule has 1 N–H and O–H groups in total. The molecule has 4 aromatic rings. The van der Waals surface area contributed by atoms with Crippen LogP contribution in [-0.2, 0) is 20.4 Å². The summed E-state index contributed by atoms with van der Waals surface area (Å²) >= 11 is 3.29. The molecule has 0 atom stereocenters. The van der Waals surface area contributed by atoms with Gasteiger partial charge in [-0.15, -0.1) is 0 Å². The number of nitrogens with zero attached hydrogens (tertiary/aromatic N) is 3. The number of rotatable bonds is 4. The molecule has 0 aromatic heterocycles. The number of nitrogens with one attached hydrogen (secondary N) is 1. The van der Waals surface area contributed by atoms with Crippen LogP contribution in [0.2, 0.25) is 0 Å². The minimum Gasteiger partial charge on any atom is -0.264 e. The number of aryl methyl sites for hydroxylation is 2. The molecule has 0 amide bonds. The predicted molar refractivity (Wildman–Crippen MR) is 162 cm³/mol. The number of alkyl halides is 1. The Balaban J connectivity index is 0.000000166. The van der Waals surface area contributed by atoms with E-state index in [1.54, 1.807) is 62.4 Å². The Morgan fingerprint density at radius 3 is 1.76 bits per heavy atom. The molecule has 2 aliphatic rings. The number of fused-ring (bicyclic) bond motifs is 2. The summed E-state index contributed by atoms with van der Waals surface area (Å²) in [6.07, 6.45) is 0. The number of para-hydroxylation sites is 4. The Bertz CT molecular complexity index is 1860. The van der Waals surface area contributed by atoms with E-state index in [1.807, 2.05) is 0 Å². The fourth-order valence-electron chi connectivity index (χ4n) is 4.76. The second-order valence-corrected chi connectivity index (χ2v) is 13.3. The van der Waals surface area contributed by atoms with E-state index in [9.17, 15) is 25.6 Å². The first-order chi connectivity index (χ1) is 19.5. The summed E-state index contributed by atoms with van der Waals surface area (Å²) < 4.78 is 83.0. The predicted octanol–water partition coefficient (Wildman–Crippen LogP) is 6.67. The van der Waals surface area contributed by atoms with Crippen molar-refractivity contribution < 1.29 is 25.6 Å². The highest BCUT2D eigenvalue weighted by molar-refractivity contribution is 9.09. The van der Waals surface area contributed by atoms with Gasteiger partial charge in [-0.1, -0.05) is 40.2 Å². The topological polar surface area (TPSA) is 90.0 Å². The molecule has 0 saturated carbocycles. The van der Waals surface area contributed by atoms with Crippen molar-refractivity contribution >= 4 is 70.5 Å². The molecule has 2 aliphatic heterocycles. The average molecular weight is 664 g/mol. The van der Waals surface area contributed by atoms with Gasteiger partial charge in [0, 0.05) is 11.9 Å². The zero-order chi connectivity index (χ0) is 29.5. The Morgan fingerprint density at radius 2 is 1.20 bits per heavy atom. The molecular formula is C28H25BrF2N4O4S2. The lowest BCUT2D eigenvalue weighted by Crippen LogP contribution is -2.36. The van der Waals surface area contributed by atoms with Crippen LogP contribution in [0.3, 0.4) is 0 Å². The number of hydrogen-bond donors (Lipinski definition) is 1. The molecule has 0 bridgehead atoms. The van der Waals surface area contributed by atoms with Gasteiger partial charge in [-0.3, -0.25) is 9.03 Å². The smallest absolute Gasteiger partial charge is 0.264 e. The van der Waals surface area contributed by atoms with Crippen molar-refractivity contribution in [2.45, 2.75) is 13.8 Å². The third-order valence-corrected chi connectivity index (χ3v) is 10.0. The Kier molecular flexibility index (Phi) is 7.70. The molecule has 8 nitrogen and oxygen atoms in total. The second-order valence-electron chi connectivity index (χ2n) is 9.27. The summed E-state index contributed by atoms with van der Waals surface area (Å²) in [6, 6.07) is 22.1. The maximum Gasteiger partial charge on any atom is 0.331 e. The summed E-state index contributed by atoms with van der Waals surface area (Å²) in [4.78, 5) is 0. The molecule has 6 rings (SSSR count). The lowest BCUT2D eigenvalue weighted by molar-refractivity contribution is 0.594. The van der Waals surface area contributed by atoms with Gasteiger partial charge in [-0.25, -0.2) is 17.4 Å². The van der Waals surface area contributed by atoms with E-state index < -0.39 is 20.4 Å². The Hall–Kier alpha value is -3.68. The van der Waals surface area contributed by atoms with Crippen molar-refractivity contribution in [1.29, 1.82) is 0 Å². The molecular weight excluding hydrogens is 638 g/mol. The summed E-state index contributed by atoms with van der Waals surface area (Å²) in [5.74, 6) is -0.775. The van der Waals surface area contributed by atoms with E-state index in [-0.39, 0.29) is 11.6 Å². The molecule has 0 unspecified atom stereocenters. The normalized spacial score (nSPS) is 16.0. The van der Waals surface area contributed by atoms with E-state index in [0.29, 0.717) is 57.1 Å². The summed E-state index contributed by atoms with van der Waals surface area (Å²) in [5, 5.41) is 0.525. The minimum absolute atomic E-state index is 0.329. The molecule has 41 heavy (non-hydrogen) atoms. The molecule has 2 heterocycles. The highest BCUT2D eigenvalue weighted by Gasteiger charge is 2.41. The van der Waals surface area contributed by atoms with Crippen LogP contribution in [-0.4, -0.2) is 28.7 Å². The first-order valence-electron chi connectivity index (χ1n) is 12.4. The number of halogens is 3. The lowest BCUT2D eigenvalue weighted by atomic mass is 10.1. The first kappa shape index (κ1) is 28.8. The van der Waals surface area contributed by atoms with Crippen molar-refractivity contribution in [3.63, 3.8) is 0 Å². The maximum absolute atomic E-state index is 13.3. The first-order valence-corrected chi connectivity index (χ1v) is 16.3. The number of hydrogen-bond acceptors (Lipinski definition) is 4. The highest BCUT2D eigenvalue weighted by Crippen LogP contribution is 2.46. The van der Waals surface area contributed by atoms with Gasteiger partial charge in [0.05, 0.1) is 34.1 Å². The van der Waals surface area contributed by atoms with Crippen molar-refractivity contribution in [1.82, 2.24) is 0 Å². The molecule has 4 aromatic carbocycles. The quantitative estimate of drug-likeness (QED) is 0.247. The van der Waals surface area contributed by atoms with Gasteiger partial charge < -0.3 is 0 Å². The number of benzene rings is 4. The van der Waals surface area contributed by atoms with E-state index in [4.69, 9.17) is 0 Å². The molecule has 0 spiro atoms. The SMILES string of the molecule is Cc1cc(F)ccc1N1c2ccccc2N(CCBr)S1(=O)=O.Cc1cc(F)ccc1N1c2ccccc2NS1(=O)=O. The fraction of sp³-hybridized carbons (Fsp3) is 0.143. The van der Waals surface area contributed by atoms with Crippen molar-refractivity contribution in [2.75, 3.05) is 29.5 Å². The van der Waals surface area contributed by atoms with E-state index in [0.717, 1.165) is 0 Å². The van der Waals surface area contributed by atoms with E-state index >= 15 is 0 Å². The van der Waals surface area contributed by atoms with Crippen molar-refractivity contribution in [2.24, 2.45) is 0 Å². The van der Waals surface area contributed by atoms with Gasteiger partial charge >= 0.3 is 20.4 Å². The minimum atomic E-state index is -3.72. The second kappa shape index (κ2) is 11.0. The van der Waals surface area contributed by atoms with Gasteiger partial charge in [0.2, 0.25) is 0 Å². The summed E-state index contributed by atoms with van der Waals surface area (Å²) in [6.45, 7) is 3.70. The average Bonchev–Trinajstić information content (AvgIpc) is 3.31. The molecule has 0 saturated heterocycles. The summed E-state index contributed by atoms with van der Waals surface area (Å²) in [5.41, 5.74) is 4.30. The maximum atomic E-state index is 13.3. The molecule has 0 radical (unpaired) electrons. The zero-order valence-corrected chi connectivity index (χ0v) is 25.1. The van der Waals surface area contributed by atoms with Crippen molar-refractivity contribution in [3.05, 3.63) is 108 Å². The van der Waals surface area contributed by atoms with Gasteiger partial charge in [0.25, 0.3) is 0 Å². The number of anilines is 6.